The summed E-state index contributed by atoms with van der Waals surface area (Å²) < 4.78 is 0. The predicted octanol–water partition coefficient (Wildman–Crippen LogP) is 3.45. The molecule has 1 rings (SSSR count). The summed E-state index contributed by atoms with van der Waals surface area (Å²) in [5, 5.41) is 1.89. The number of thioether (sulfide) groups is 1. The first kappa shape index (κ1) is 10.2. The van der Waals surface area contributed by atoms with Gasteiger partial charge in [-0.2, -0.15) is 0 Å². The molecular weight excluding hydrogens is 213 g/mol. The first-order chi connectivity index (χ1) is 5.74. The zero-order valence-corrected chi connectivity index (χ0v) is 8.96. The maximum absolute atomic E-state index is 5.90. The molecule has 0 saturated carbocycles. The first-order valence-electron chi connectivity index (χ1n) is 3.57. The summed E-state index contributed by atoms with van der Waals surface area (Å²) >= 11 is 13.2. The van der Waals surface area contributed by atoms with Crippen LogP contribution in [0.25, 0.3) is 0 Å². The Morgan fingerprint density at radius 2 is 2.42 bits per heavy atom. The molecule has 0 bridgehead atoms. The number of rotatable bonds is 3. The molecule has 0 fully saturated rings. The first-order valence-corrected chi connectivity index (χ1v) is 5.36. The summed E-state index contributed by atoms with van der Waals surface area (Å²) in [5.74, 6) is 0.609. The van der Waals surface area contributed by atoms with Gasteiger partial charge < -0.3 is 0 Å². The monoisotopic (exact) mass is 221 g/mol. The Hall–Kier alpha value is 0.0800. The van der Waals surface area contributed by atoms with E-state index in [9.17, 15) is 0 Å². The molecule has 1 aromatic heterocycles. The highest BCUT2D eigenvalue weighted by Crippen LogP contribution is 2.27. The number of aromatic nitrogens is 1. The molecular formula is C8H9Cl2NS. The summed E-state index contributed by atoms with van der Waals surface area (Å²) in [6.07, 6.45) is 1.73. The molecule has 66 valence electrons. The molecule has 0 saturated heterocycles. The topological polar surface area (TPSA) is 12.9 Å². The highest BCUT2D eigenvalue weighted by Gasteiger charge is 2.06. The molecule has 1 unspecified atom stereocenters. The van der Waals surface area contributed by atoms with Crippen LogP contribution in [0.1, 0.15) is 6.92 Å². The molecule has 1 atom stereocenters. The molecule has 1 nitrogen and oxygen atoms in total. The fourth-order valence-electron chi connectivity index (χ4n) is 0.680. The lowest BCUT2D eigenvalue weighted by Gasteiger charge is -2.06. The fraction of sp³-hybridized carbons (Fsp3) is 0.375. The van der Waals surface area contributed by atoms with E-state index in [0.717, 1.165) is 5.03 Å². The van der Waals surface area contributed by atoms with E-state index in [0.29, 0.717) is 16.2 Å². The van der Waals surface area contributed by atoms with Crippen LogP contribution in [0.15, 0.2) is 23.4 Å². The van der Waals surface area contributed by atoms with E-state index in [1.165, 1.54) is 0 Å². The minimum Gasteiger partial charge on any atom is -0.248 e. The molecule has 0 spiro atoms. The van der Waals surface area contributed by atoms with E-state index >= 15 is 0 Å². The Morgan fingerprint density at radius 3 is 3.00 bits per heavy atom. The molecule has 0 aliphatic rings. The largest absolute Gasteiger partial charge is 0.248 e. The molecule has 4 heteroatoms. The lowest BCUT2D eigenvalue weighted by atomic mass is 10.5. The van der Waals surface area contributed by atoms with Crippen LogP contribution in [0.5, 0.6) is 0 Å². The molecule has 0 N–H and O–H groups in total. The third-order valence-corrected chi connectivity index (χ3v) is 3.44. The average Bonchev–Trinajstić information content (AvgIpc) is 2.09. The number of halogens is 2. The summed E-state index contributed by atoms with van der Waals surface area (Å²) in [6, 6.07) is 3.65. The van der Waals surface area contributed by atoms with Gasteiger partial charge in [-0.15, -0.1) is 23.4 Å². The van der Waals surface area contributed by atoms with Crippen molar-refractivity contribution in [1.82, 2.24) is 4.98 Å². The minimum atomic E-state index is 0.346. The molecule has 1 aromatic rings. The van der Waals surface area contributed by atoms with Crippen molar-refractivity contribution >= 4 is 35.0 Å². The molecule has 0 aliphatic carbocycles. The van der Waals surface area contributed by atoms with Gasteiger partial charge in [-0.05, 0) is 12.1 Å². The zero-order chi connectivity index (χ0) is 8.97. The third kappa shape index (κ3) is 2.85. The number of hydrogen-bond acceptors (Lipinski definition) is 2. The quantitative estimate of drug-likeness (QED) is 0.573. The summed E-state index contributed by atoms with van der Waals surface area (Å²) in [7, 11) is 0. The van der Waals surface area contributed by atoms with Gasteiger partial charge in [-0.1, -0.05) is 18.5 Å². The molecule has 1 heterocycles. The van der Waals surface area contributed by atoms with E-state index in [4.69, 9.17) is 23.2 Å². The van der Waals surface area contributed by atoms with Crippen molar-refractivity contribution in [2.75, 3.05) is 5.88 Å². The van der Waals surface area contributed by atoms with Gasteiger partial charge in [-0.25, -0.2) is 4.98 Å². The fourth-order valence-corrected chi connectivity index (χ4v) is 1.87. The van der Waals surface area contributed by atoms with Crippen LogP contribution in [0, 0.1) is 0 Å². The minimum absolute atomic E-state index is 0.346. The van der Waals surface area contributed by atoms with Crippen molar-refractivity contribution in [1.29, 1.82) is 0 Å². The van der Waals surface area contributed by atoms with Crippen LogP contribution in [0.2, 0.25) is 5.02 Å². The van der Waals surface area contributed by atoms with Gasteiger partial charge in [0, 0.05) is 17.3 Å². The SMILES string of the molecule is CC(CCl)Sc1ncccc1Cl. The summed E-state index contributed by atoms with van der Waals surface area (Å²) in [5.41, 5.74) is 0. The molecule has 0 radical (unpaired) electrons. The second-order valence-electron chi connectivity index (χ2n) is 2.37. The summed E-state index contributed by atoms with van der Waals surface area (Å²) in [4.78, 5) is 4.14. The average molecular weight is 222 g/mol. The normalized spacial score (nSPS) is 12.9. The Bertz CT molecular complexity index is 255. The van der Waals surface area contributed by atoms with E-state index in [-0.39, 0.29) is 0 Å². The van der Waals surface area contributed by atoms with Crippen molar-refractivity contribution in [3.05, 3.63) is 23.4 Å². The van der Waals surface area contributed by atoms with Crippen LogP contribution in [-0.2, 0) is 0 Å². The highest BCUT2D eigenvalue weighted by molar-refractivity contribution is 8.00. The Balaban J connectivity index is 2.69. The number of hydrogen-bond donors (Lipinski definition) is 0. The van der Waals surface area contributed by atoms with Gasteiger partial charge in [0.25, 0.3) is 0 Å². The van der Waals surface area contributed by atoms with E-state index < -0.39 is 0 Å². The van der Waals surface area contributed by atoms with Crippen molar-refractivity contribution in [2.24, 2.45) is 0 Å². The van der Waals surface area contributed by atoms with Crippen molar-refractivity contribution < 1.29 is 0 Å². The lowest BCUT2D eigenvalue weighted by Crippen LogP contribution is -1.97. The van der Waals surface area contributed by atoms with Crippen LogP contribution in [-0.4, -0.2) is 16.1 Å². The van der Waals surface area contributed by atoms with Gasteiger partial charge >= 0.3 is 0 Å². The van der Waals surface area contributed by atoms with Crippen LogP contribution in [0.4, 0.5) is 0 Å². The van der Waals surface area contributed by atoms with E-state index in [2.05, 4.69) is 4.98 Å². The van der Waals surface area contributed by atoms with Crippen LogP contribution < -0.4 is 0 Å². The molecule has 12 heavy (non-hydrogen) atoms. The number of alkyl halides is 1. The Morgan fingerprint density at radius 1 is 1.67 bits per heavy atom. The molecule has 0 aromatic carbocycles. The van der Waals surface area contributed by atoms with Gasteiger partial charge in [0.15, 0.2) is 0 Å². The second-order valence-corrected chi connectivity index (χ2v) is 4.52. The number of nitrogens with zero attached hydrogens (tertiary/aromatic N) is 1. The summed E-state index contributed by atoms with van der Waals surface area (Å²) in [6.45, 7) is 2.04. The van der Waals surface area contributed by atoms with Crippen molar-refractivity contribution in [3.8, 4) is 0 Å². The Labute approximate surface area is 86.5 Å². The van der Waals surface area contributed by atoms with Crippen LogP contribution in [0.3, 0.4) is 0 Å². The lowest BCUT2D eigenvalue weighted by molar-refractivity contribution is 1.08. The number of pyridine rings is 1. The maximum Gasteiger partial charge on any atom is 0.115 e. The smallest absolute Gasteiger partial charge is 0.115 e. The van der Waals surface area contributed by atoms with Gasteiger partial charge in [0.1, 0.15) is 5.03 Å². The highest BCUT2D eigenvalue weighted by atomic mass is 35.5. The predicted molar refractivity (Wildman–Crippen MR) is 55.3 cm³/mol. The van der Waals surface area contributed by atoms with Gasteiger partial charge in [-0.3, -0.25) is 0 Å². The van der Waals surface area contributed by atoms with E-state index in [1.807, 2.05) is 19.1 Å². The van der Waals surface area contributed by atoms with Crippen molar-refractivity contribution in [3.63, 3.8) is 0 Å². The van der Waals surface area contributed by atoms with Crippen molar-refractivity contribution in [2.45, 2.75) is 17.2 Å². The third-order valence-electron chi connectivity index (χ3n) is 1.25. The van der Waals surface area contributed by atoms with E-state index in [1.54, 1.807) is 18.0 Å². The van der Waals surface area contributed by atoms with Gasteiger partial charge in [0.05, 0.1) is 5.02 Å². The second kappa shape index (κ2) is 4.95. The Kier molecular flexibility index (Phi) is 4.19. The standard InChI is InChI=1S/C8H9Cl2NS/c1-6(5-9)12-8-7(10)3-2-4-11-8/h2-4,6H,5H2,1H3. The zero-order valence-electron chi connectivity index (χ0n) is 6.63. The van der Waals surface area contributed by atoms with Crippen LogP contribution >= 0.6 is 35.0 Å². The molecule has 0 aliphatic heterocycles. The molecule has 0 amide bonds. The van der Waals surface area contributed by atoms with Gasteiger partial charge in [0.2, 0.25) is 0 Å². The maximum atomic E-state index is 5.90.